The van der Waals surface area contributed by atoms with Gasteiger partial charge >= 0.3 is 0 Å². The van der Waals surface area contributed by atoms with Crippen LogP contribution in [0.25, 0.3) is 0 Å². The fraction of sp³-hybridized carbons (Fsp3) is 1.00. The third-order valence-electron chi connectivity index (χ3n) is 2.97. The first-order chi connectivity index (χ1) is 7.43. The lowest BCUT2D eigenvalue weighted by atomic mass is 10.1. The maximum absolute atomic E-state index is 8.63. The standard InChI is InChI=1S/C12H25NO2/c14-9-4-2-1-3-8-13-12-6-5-10-15-11-7-12/h12-14H,1-11H2. The van der Waals surface area contributed by atoms with Crippen LogP contribution < -0.4 is 5.32 Å². The molecule has 3 nitrogen and oxygen atoms in total. The van der Waals surface area contributed by atoms with E-state index in [1.807, 2.05) is 0 Å². The molecule has 15 heavy (non-hydrogen) atoms. The second-order valence-corrected chi connectivity index (χ2v) is 4.33. The van der Waals surface area contributed by atoms with Crippen LogP contribution in [0.1, 0.15) is 44.9 Å². The number of ether oxygens (including phenoxy) is 1. The third-order valence-corrected chi connectivity index (χ3v) is 2.97. The van der Waals surface area contributed by atoms with Gasteiger partial charge in [0.1, 0.15) is 0 Å². The van der Waals surface area contributed by atoms with E-state index in [-0.39, 0.29) is 0 Å². The van der Waals surface area contributed by atoms with Crippen molar-refractivity contribution in [1.82, 2.24) is 5.32 Å². The molecular weight excluding hydrogens is 190 g/mol. The maximum atomic E-state index is 8.63. The average molecular weight is 215 g/mol. The lowest BCUT2D eigenvalue weighted by Gasteiger charge is -2.15. The number of nitrogens with one attached hydrogen (secondary N) is 1. The summed E-state index contributed by atoms with van der Waals surface area (Å²) in [5.74, 6) is 0. The monoisotopic (exact) mass is 215 g/mol. The Balaban J connectivity index is 1.89. The van der Waals surface area contributed by atoms with Gasteiger partial charge in [-0.3, -0.25) is 0 Å². The highest BCUT2D eigenvalue weighted by Gasteiger charge is 2.10. The van der Waals surface area contributed by atoms with E-state index in [1.165, 1.54) is 25.7 Å². The summed E-state index contributed by atoms with van der Waals surface area (Å²) in [7, 11) is 0. The van der Waals surface area contributed by atoms with Crippen LogP contribution in [0, 0.1) is 0 Å². The Morgan fingerprint density at radius 2 is 1.93 bits per heavy atom. The van der Waals surface area contributed by atoms with Crippen molar-refractivity contribution in [2.24, 2.45) is 0 Å². The second kappa shape index (κ2) is 9.13. The van der Waals surface area contributed by atoms with Crippen LogP contribution in [0.3, 0.4) is 0 Å². The van der Waals surface area contributed by atoms with Crippen LogP contribution in [0.5, 0.6) is 0 Å². The van der Waals surface area contributed by atoms with Crippen LogP contribution >= 0.6 is 0 Å². The molecule has 0 aromatic carbocycles. The number of aliphatic hydroxyl groups is 1. The molecule has 0 aliphatic carbocycles. The van der Waals surface area contributed by atoms with Crippen molar-refractivity contribution in [1.29, 1.82) is 0 Å². The van der Waals surface area contributed by atoms with Gasteiger partial charge in [0.2, 0.25) is 0 Å². The van der Waals surface area contributed by atoms with Crippen molar-refractivity contribution in [3.05, 3.63) is 0 Å². The zero-order chi connectivity index (χ0) is 10.8. The molecule has 1 fully saturated rings. The average Bonchev–Trinajstić information content (AvgIpc) is 2.52. The minimum Gasteiger partial charge on any atom is -0.396 e. The van der Waals surface area contributed by atoms with Crippen LogP contribution in [0.15, 0.2) is 0 Å². The van der Waals surface area contributed by atoms with E-state index in [9.17, 15) is 0 Å². The smallest absolute Gasteiger partial charge is 0.0480 e. The first-order valence-electron chi connectivity index (χ1n) is 6.35. The second-order valence-electron chi connectivity index (χ2n) is 4.33. The van der Waals surface area contributed by atoms with Crippen molar-refractivity contribution in [2.75, 3.05) is 26.4 Å². The zero-order valence-electron chi connectivity index (χ0n) is 9.71. The highest BCUT2D eigenvalue weighted by atomic mass is 16.5. The number of rotatable bonds is 7. The van der Waals surface area contributed by atoms with Gasteiger partial charge in [-0.25, -0.2) is 0 Å². The molecule has 1 aliphatic heterocycles. The van der Waals surface area contributed by atoms with Crippen molar-refractivity contribution in [2.45, 2.75) is 51.0 Å². The minimum absolute atomic E-state index is 0.341. The predicted molar refractivity (Wildman–Crippen MR) is 62.0 cm³/mol. The van der Waals surface area contributed by atoms with Gasteiger partial charge in [-0.15, -0.1) is 0 Å². The summed E-state index contributed by atoms with van der Waals surface area (Å²) in [6.07, 6.45) is 8.20. The topological polar surface area (TPSA) is 41.5 Å². The van der Waals surface area contributed by atoms with E-state index in [2.05, 4.69) is 5.32 Å². The molecule has 0 spiro atoms. The molecule has 3 heteroatoms. The quantitative estimate of drug-likeness (QED) is 0.635. The minimum atomic E-state index is 0.341. The maximum Gasteiger partial charge on any atom is 0.0480 e. The van der Waals surface area contributed by atoms with Gasteiger partial charge in [-0.2, -0.15) is 0 Å². The molecule has 1 heterocycles. The van der Waals surface area contributed by atoms with Crippen LogP contribution in [-0.2, 0) is 4.74 Å². The van der Waals surface area contributed by atoms with E-state index in [0.29, 0.717) is 12.6 Å². The van der Waals surface area contributed by atoms with Crippen molar-refractivity contribution in [3.63, 3.8) is 0 Å². The lowest BCUT2D eigenvalue weighted by molar-refractivity contribution is 0.142. The summed E-state index contributed by atoms with van der Waals surface area (Å²) in [4.78, 5) is 0. The Morgan fingerprint density at radius 1 is 1.07 bits per heavy atom. The summed E-state index contributed by atoms with van der Waals surface area (Å²) < 4.78 is 5.42. The van der Waals surface area contributed by atoms with Gasteiger partial charge in [0.25, 0.3) is 0 Å². The highest BCUT2D eigenvalue weighted by molar-refractivity contribution is 4.68. The lowest BCUT2D eigenvalue weighted by Crippen LogP contribution is -2.30. The SMILES string of the molecule is OCCCCCCNC1CCCOCC1. The summed E-state index contributed by atoms with van der Waals surface area (Å²) >= 11 is 0. The Bertz CT molecular complexity index is 134. The first kappa shape index (κ1) is 12.9. The molecule has 0 bridgehead atoms. The zero-order valence-corrected chi connectivity index (χ0v) is 9.71. The molecule has 0 aromatic rings. The molecule has 2 N–H and O–H groups in total. The molecule has 90 valence electrons. The number of hydrogen-bond donors (Lipinski definition) is 2. The summed E-state index contributed by atoms with van der Waals surface area (Å²) in [6.45, 7) is 3.32. The first-order valence-corrected chi connectivity index (χ1v) is 6.35. The molecule has 0 aromatic heterocycles. The highest BCUT2D eigenvalue weighted by Crippen LogP contribution is 2.08. The Kier molecular flexibility index (Phi) is 7.88. The van der Waals surface area contributed by atoms with E-state index in [4.69, 9.17) is 9.84 Å². The van der Waals surface area contributed by atoms with E-state index in [0.717, 1.165) is 39.0 Å². The fourth-order valence-corrected chi connectivity index (χ4v) is 2.00. The normalized spacial score (nSPS) is 22.6. The predicted octanol–water partition coefficient (Wildman–Crippen LogP) is 1.70. The Morgan fingerprint density at radius 3 is 2.80 bits per heavy atom. The fourth-order valence-electron chi connectivity index (χ4n) is 2.00. The van der Waals surface area contributed by atoms with Crippen LogP contribution in [-0.4, -0.2) is 37.5 Å². The van der Waals surface area contributed by atoms with Gasteiger partial charge in [-0.05, 0) is 38.6 Å². The van der Waals surface area contributed by atoms with Crippen molar-refractivity contribution in [3.8, 4) is 0 Å². The van der Waals surface area contributed by atoms with Crippen LogP contribution in [0.4, 0.5) is 0 Å². The van der Waals surface area contributed by atoms with Crippen molar-refractivity contribution >= 4 is 0 Å². The van der Waals surface area contributed by atoms with Gasteiger partial charge < -0.3 is 15.2 Å². The van der Waals surface area contributed by atoms with Gasteiger partial charge in [-0.1, -0.05) is 12.8 Å². The Hall–Kier alpha value is -0.120. The molecule has 1 aliphatic rings. The molecule has 1 saturated heterocycles. The molecule has 0 saturated carbocycles. The molecular formula is C12H25NO2. The third kappa shape index (κ3) is 6.88. The summed E-state index contributed by atoms with van der Waals surface area (Å²) in [6, 6.07) is 0.672. The van der Waals surface area contributed by atoms with Crippen LogP contribution in [0.2, 0.25) is 0 Å². The van der Waals surface area contributed by atoms with E-state index < -0.39 is 0 Å². The largest absolute Gasteiger partial charge is 0.396 e. The Labute approximate surface area is 93.2 Å². The summed E-state index contributed by atoms with van der Waals surface area (Å²) in [5, 5.41) is 12.2. The van der Waals surface area contributed by atoms with Crippen molar-refractivity contribution < 1.29 is 9.84 Å². The molecule has 0 amide bonds. The molecule has 1 atom stereocenters. The van der Waals surface area contributed by atoms with Gasteiger partial charge in [0.05, 0.1) is 0 Å². The van der Waals surface area contributed by atoms with E-state index >= 15 is 0 Å². The van der Waals surface area contributed by atoms with E-state index in [1.54, 1.807) is 0 Å². The molecule has 0 radical (unpaired) electrons. The molecule has 1 rings (SSSR count). The summed E-state index contributed by atoms with van der Waals surface area (Å²) in [5.41, 5.74) is 0. The van der Waals surface area contributed by atoms with Gasteiger partial charge in [0.15, 0.2) is 0 Å². The number of hydrogen-bond acceptors (Lipinski definition) is 3. The molecule has 1 unspecified atom stereocenters. The number of unbranched alkanes of at least 4 members (excludes halogenated alkanes) is 3. The number of aliphatic hydroxyl groups excluding tert-OH is 1. The van der Waals surface area contributed by atoms with Gasteiger partial charge in [0, 0.05) is 25.9 Å².